The Morgan fingerprint density at radius 3 is 2.75 bits per heavy atom. The first kappa shape index (κ1) is 14.5. The third-order valence-corrected chi connectivity index (χ3v) is 3.81. The van der Waals surface area contributed by atoms with E-state index in [1.54, 1.807) is 11.3 Å². The molecule has 0 saturated carbocycles. The zero-order valence-electron chi connectivity index (χ0n) is 10.5. The Labute approximate surface area is 124 Å². The molecular weight excluding hydrogens is 300 g/mol. The molecule has 104 valence electrons. The van der Waals surface area contributed by atoms with E-state index >= 15 is 0 Å². The monoisotopic (exact) mass is 310 g/mol. The molecule has 1 unspecified atom stereocenters. The van der Waals surface area contributed by atoms with Crippen molar-refractivity contribution in [1.82, 2.24) is 5.32 Å². The van der Waals surface area contributed by atoms with Gasteiger partial charge in [0.25, 0.3) is 11.6 Å². The molecule has 0 aliphatic carbocycles. The molecule has 20 heavy (non-hydrogen) atoms. The van der Waals surface area contributed by atoms with Gasteiger partial charge in [-0.25, -0.2) is 0 Å². The SMILES string of the molecule is CC(NC(=O)c1ccc([N+](=O)[O-])cc1Cl)c1ccsc1. The number of thiophene rings is 1. The van der Waals surface area contributed by atoms with Crippen molar-refractivity contribution in [1.29, 1.82) is 0 Å². The van der Waals surface area contributed by atoms with Gasteiger partial charge < -0.3 is 5.32 Å². The molecule has 0 saturated heterocycles. The summed E-state index contributed by atoms with van der Waals surface area (Å²) in [6.07, 6.45) is 0. The van der Waals surface area contributed by atoms with Crippen LogP contribution in [-0.2, 0) is 0 Å². The lowest BCUT2D eigenvalue weighted by molar-refractivity contribution is -0.384. The van der Waals surface area contributed by atoms with Gasteiger partial charge in [-0.05, 0) is 35.4 Å². The smallest absolute Gasteiger partial charge is 0.270 e. The number of rotatable bonds is 4. The summed E-state index contributed by atoms with van der Waals surface area (Å²) in [4.78, 5) is 22.2. The van der Waals surface area contributed by atoms with E-state index in [9.17, 15) is 14.9 Å². The van der Waals surface area contributed by atoms with Gasteiger partial charge >= 0.3 is 0 Å². The number of hydrogen-bond acceptors (Lipinski definition) is 4. The van der Waals surface area contributed by atoms with Crippen LogP contribution in [0.15, 0.2) is 35.0 Å². The summed E-state index contributed by atoms with van der Waals surface area (Å²) in [6, 6.07) is 5.56. The highest BCUT2D eigenvalue weighted by atomic mass is 35.5. The zero-order chi connectivity index (χ0) is 14.7. The number of amides is 1. The molecule has 1 aromatic carbocycles. The third kappa shape index (κ3) is 3.15. The van der Waals surface area contributed by atoms with Crippen LogP contribution in [0.2, 0.25) is 5.02 Å². The molecule has 1 heterocycles. The van der Waals surface area contributed by atoms with E-state index in [0.29, 0.717) is 0 Å². The van der Waals surface area contributed by atoms with Crippen LogP contribution in [0, 0.1) is 10.1 Å². The van der Waals surface area contributed by atoms with Crippen molar-refractivity contribution in [2.75, 3.05) is 0 Å². The second-order valence-electron chi connectivity index (χ2n) is 4.17. The molecule has 1 N–H and O–H groups in total. The summed E-state index contributed by atoms with van der Waals surface area (Å²) in [7, 11) is 0. The molecule has 0 aliphatic heterocycles. The van der Waals surface area contributed by atoms with Gasteiger partial charge in [0.2, 0.25) is 0 Å². The van der Waals surface area contributed by atoms with Crippen molar-refractivity contribution in [3.63, 3.8) is 0 Å². The normalized spacial score (nSPS) is 11.9. The van der Waals surface area contributed by atoms with E-state index in [1.165, 1.54) is 18.2 Å². The predicted octanol–water partition coefficient (Wildman–Crippen LogP) is 3.80. The van der Waals surface area contributed by atoms with Gasteiger partial charge in [0.15, 0.2) is 0 Å². The molecule has 7 heteroatoms. The molecule has 0 bridgehead atoms. The number of nitro groups is 1. The fourth-order valence-electron chi connectivity index (χ4n) is 1.68. The van der Waals surface area contributed by atoms with Gasteiger partial charge in [0.05, 0.1) is 21.6 Å². The van der Waals surface area contributed by atoms with Crippen LogP contribution in [-0.4, -0.2) is 10.8 Å². The Bertz CT molecular complexity index is 643. The van der Waals surface area contributed by atoms with E-state index in [2.05, 4.69) is 5.32 Å². The average molecular weight is 311 g/mol. The van der Waals surface area contributed by atoms with Crippen LogP contribution in [0.5, 0.6) is 0 Å². The first-order chi connectivity index (χ1) is 9.49. The highest BCUT2D eigenvalue weighted by Crippen LogP contribution is 2.23. The number of non-ortho nitro benzene ring substituents is 1. The van der Waals surface area contributed by atoms with Gasteiger partial charge in [-0.15, -0.1) is 0 Å². The Morgan fingerprint density at radius 2 is 2.20 bits per heavy atom. The van der Waals surface area contributed by atoms with Gasteiger partial charge in [0.1, 0.15) is 0 Å². The largest absolute Gasteiger partial charge is 0.345 e. The Hall–Kier alpha value is -1.92. The van der Waals surface area contributed by atoms with Crippen LogP contribution in [0.4, 0.5) is 5.69 Å². The Balaban J connectivity index is 2.15. The summed E-state index contributed by atoms with van der Waals surface area (Å²) in [5.41, 5.74) is 1.08. The number of nitro benzene ring substituents is 1. The highest BCUT2D eigenvalue weighted by molar-refractivity contribution is 7.07. The minimum atomic E-state index is -0.554. The van der Waals surface area contributed by atoms with E-state index in [0.717, 1.165) is 5.56 Å². The molecule has 0 radical (unpaired) electrons. The number of hydrogen-bond donors (Lipinski definition) is 1. The fourth-order valence-corrected chi connectivity index (χ4v) is 2.70. The molecule has 1 atom stereocenters. The third-order valence-electron chi connectivity index (χ3n) is 2.80. The van der Waals surface area contributed by atoms with E-state index in [1.807, 2.05) is 23.8 Å². The molecule has 0 fully saturated rings. The quantitative estimate of drug-likeness (QED) is 0.689. The summed E-state index contributed by atoms with van der Waals surface area (Å²) in [5, 5.41) is 17.4. The van der Waals surface area contributed by atoms with E-state index in [4.69, 9.17) is 11.6 Å². The summed E-state index contributed by atoms with van der Waals surface area (Å²) >= 11 is 7.46. The average Bonchev–Trinajstić information content (AvgIpc) is 2.92. The standard InChI is InChI=1S/C13H11ClN2O3S/c1-8(9-4-5-20-7-9)15-13(17)11-3-2-10(16(18)19)6-12(11)14/h2-8H,1H3,(H,15,17). The van der Waals surface area contributed by atoms with Crippen molar-refractivity contribution in [2.24, 2.45) is 0 Å². The minimum Gasteiger partial charge on any atom is -0.345 e. The topological polar surface area (TPSA) is 72.2 Å². The lowest BCUT2D eigenvalue weighted by atomic mass is 10.1. The van der Waals surface area contributed by atoms with Crippen molar-refractivity contribution < 1.29 is 9.72 Å². The lowest BCUT2D eigenvalue weighted by Gasteiger charge is -2.13. The molecule has 2 aromatic rings. The van der Waals surface area contributed by atoms with Crippen LogP contribution < -0.4 is 5.32 Å². The van der Waals surface area contributed by atoms with Crippen molar-refractivity contribution in [2.45, 2.75) is 13.0 Å². The van der Waals surface area contributed by atoms with Gasteiger partial charge in [-0.2, -0.15) is 11.3 Å². The number of carbonyl (C=O) groups excluding carboxylic acids is 1. The van der Waals surface area contributed by atoms with Crippen molar-refractivity contribution in [3.05, 3.63) is 61.3 Å². The zero-order valence-corrected chi connectivity index (χ0v) is 12.1. The Morgan fingerprint density at radius 1 is 1.45 bits per heavy atom. The second-order valence-corrected chi connectivity index (χ2v) is 5.36. The highest BCUT2D eigenvalue weighted by Gasteiger charge is 2.17. The number of carbonyl (C=O) groups is 1. The van der Waals surface area contributed by atoms with Crippen LogP contribution >= 0.6 is 22.9 Å². The summed E-state index contributed by atoms with van der Waals surface area (Å²) < 4.78 is 0. The maximum atomic E-state index is 12.1. The van der Waals surface area contributed by atoms with Crippen molar-refractivity contribution >= 4 is 34.5 Å². The number of nitrogens with one attached hydrogen (secondary N) is 1. The van der Waals surface area contributed by atoms with Crippen LogP contribution in [0.3, 0.4) is 0 Å². The maximum Gasteiger partial charge on any atom is 0.270 e. The molecule has 0 spiro atoms. The summed E-state index contributed by atoms with van der Waals surface area (Å²) in [5.74, 6) is -0.358. The number of benzene rings is 1. The van der Waals surface area contributed by atoms with Crippen molar-refractivity contribution in [3.8, 4) is 0 Å². The van der Waals surface area contributed by atoms with Crippen LogP contribution in [0.25, 0.3) is 0 Å². The predicted molar refractivity (Wildman–Crippen MR) is 78.3 cm³/mol. The molecule has 5 nitrogen and oxygen atoms in total. The molecule has 2 rings (SSSR count). The second kappa shape index (κ2) is 6.02. The first-order valence-electron chi connectivity index (χ1n) is 5.76. The fraction of sp³-hybridized carbons (Fsp3) is 0.154. The molecule has 1 aromatic heterocycles. The van der Waals surface area contributed by atoms with E-state index < -0.39 is 4.92 Å². The Kier molecular flexibility index (Phi) is 4.36. The molecule has 0 aliphatic rings. The minimum absolute atomic E-state index is 0.0641. The first-order valence-corrected chi connectivity index (χ1v) is 7.08. The molecular formula is C13H11ClN2O3S. The van der Waals surface area contributed by atoms with E-state index in [-0.39, 0.29) is 28.2 Å². The summed E-state index contributed by atoms with van der Waals surface area (Å²) in [6.45, 7) is 1.86. The van der Waals surface area contributed by atoms with Gasteiger partial charge in [0, 0.05) is 12.1 Å². The van der Waals surface area contributed by atoms with Gasteiger partial charge in [-0.1, -0.05) is 11.6 Å². The number of halogens is 1. The van der Waals surface area contributed by atoms with Crippen LogP contribution in [0.1, 0.15) is 28.9 Å². The van der Waals surface area contributed by atoms with Gasteiger partial charge in [-0.3, -0.25) is 14.9 Å². The molecule has 1 amide bonds. The lowest BCUT2D eigenvalue weighted by Crippen LogP contribution is -2.26. The maximum absolute atomic E-state index is 12.1. The number of nitrogens with zero attached hydrogens (tertiary/aromatic N) is 1.